The summed E-state index contributed by atoms with van der Waals surface area (Å²) in [7, 11) is 0. The van der Waals surface area contributed by atoms with Crippen molar-refractivity contribution in [2.24, 2.45) is 5.73 Å². The second-order valence-corrected chi connectivity index (χ2v) is 18.1. The molecule has 0 aliphatic carbocycles. The number of aryl methyl sites for hydroxylation is 4. The molecular formula is C60H57ClN4O8. The minimum Gasteiger partial charge on any atom is -0.414 e. The maximum atomic E-state index is 12.9. The zero-order chi connectivity index (χ0) is 52.4. The van der Waals surface area contributed by atoms with Crippen LogP contribution in [-0.2, 0) is 23.7 Å². The molecule has 0 saturated heterocycles. The molecule has 3 N–H and O–H groups in total. The molecule has 0 saturated carbocycles. The van der Waals surface area contributed by atoms with Crippen LogP contribution in [0.3, 0.4) is 0 Å². The van der Waals surface area contributed by atoms with Gasteiger partial charge in [0.1, 0.15) is 11.5 Å². The Morgan fingerprint density at radius 1 is 0.493 bits per heavy atom. The number of benzene rings is 8. The Hall–Kier alpha value is -8.45. The second kappa shape index (κ2) is 25.6. The van der Waals surface area contributed by atoms with Crippen molar-refractivity contribution in [3.05, 3.63) is 282 Å². The number of non-ortho nitro benzene ring substituents is 2. The monoisotopic (exact) mass is 996 g/mol. The van der Waals surface area contributed by atoms with Gasteiger partial charge in [-0.05, 0) is 98.2 Å². The molecule has 0 aromatic heterocycles. The predicted octanol–water partition coefficient (Wildman–Crippen LogP) is 13.7. The van der Waals surface area contributed by atoms with Gasteiger partial charge in [0.05, 0.1) is 9.85 Å². The number of carbonyl (C=O) groups is 2. The van der Waals surface area contributed by atoms with Crippen LogP contribution in [0.2, 0.25) is 0 Å². The maximum Gasteiger partial charge on any atom is 0.412 e. The molecule has 0 spiro atoms. The lowest BCUT2D eigenvalue weighted by Crippen LogP contribution is -2.44. The summed E-state index contributed by atoms with van der Waals surface area (Å²) in [6, 6.07) is 65.6. The van der Waals surface area contributed by atoms with E-state index >= 15 is 0 Å². The van der Waals surface area contributed by atoms with Gasteiger partial charge >= 0.3 is 11.5 Å². The lowest BCUT2D eigenvalue weighted by atomic mass is 9.69. The van der Waals surface area contributed by atoms with Gasteiger partial charge in [-0.3, -0.25) is 20.2 Å². The maximum absolute atomic E-state index is 12.9. The smallest absolute Gasteiger partial charge is 0.412 e. The number of hydrogen-bond acceptors (Lipinski definition) is 9. The van der Waals surface area contributed by atoms with Crippen LogP contribution in [0, 0.1) is 47.9 Å². The molecule has 1 amide bonds. The summed E-state index contributed by atoms with van der Waals surface area (Å²) in [4.78, 5) is 43.2. The highest BCUT2D eigenvalue weighted by Gasteiger charge is 2.36. The van der Waals surface area contributed by atoms with E-state index in [9.17, 15) is 29.8 Å². The van der Waals surface area contributed by atoms with Crippen molar-refractivity contribution in [1.82, 2.24) is 5.32 Å². The van der Waals surface area contributed by atoms with Gasteiger partial charge in [0.25, 0.3) is 11.4 Å². The van der Waals surface area contributed by atoms with E-state index in [0.717, 1.165) is 34.2 Å². The molecule has 8 aromatic carbocycles. The van der Waals surface area contributed by atoms with Gasteiger partial charge in [-0.25, -0.2) is 9.59 Å². The minimum atomic E-state index is -0.978. The molecule has 372 valence electrons. The molecule has 8 aromatic rings. The Kier molecular flexibility index (Phi) is 18.9. The van der Waals surface area contributed by atoms with Gasteiger partial charge in [-0.15, -0.1) is 0 Å². The summed E-state index contributed by atoms with van der Waals surface area (Å²) in [6.45, 7) is 9.27. The number of amides is 1. The summed E-state index contributed by atoms with van der Waals surface area (Å²) in [5.41, 5.74) is 16.5. The van der Waals surface area contributed by atoms with Crippen molar-refractivity contribution in [3.63, 3.8) is 0 Å². The Morgan fingerprint density at radius 3 is 1.16 bits per heavy atom. The van der Waals surface area contributed by atoms with Crippen LogP contribution >= 0.6 is 11.6 Å². The topological polar surface area (TPSA) is 177 Å². The first-order valence-electron chi connectivity index (χ1n) is 23.5. The Bertz CT molecular complexity index is 3020. The zero-order valence-corrected chi connectivity index (χ0v) is 41.8. The van der Waals surface area contributed by atoms with E-state index in [-0.39, 0.29) is 28.3 Å². The number of nitrogens with two attached hydrogens (primary N) is 1. The Balaban J connectivity index is 0.000000201. The molecule has 73 heavy (non-hydrogen) atoms. The van der Waals surface area contributed by atoms with Crippen LogP contribution in [0.5, 0.6) is 11.5 Å². The van der Waals surface area contributed by atoms with Crippen molar-refractivity contribution in [2.45, 2.75) is 51.4 Å². The minimum absolute atomic E-state index is 0.0662. The van der Waals surface area contributed by atoms with Crippen molar-refractivity contribution in [3.8, 4) is 11.5 Å². The quantitative estimate of drug-likeness (QED) is 0.0575. The second-order valence-electron chi connectivity index (χ2n) is 17.8. The average Bonchev–Trinajstić information content (AvgIpc) is 3.38. The highest BCUT2D eigenvalue weighted by atomic mass is 35.5. The van der Waals surface area contributed by atoms with E-state index in [1.54, 1.807) is 0 Å². The van der Waals surface area contributed by atoms with Crippen LogP contribution in [0.25, 0.3) is 0 Å². The number of nitro benzene ring substituents is 2. The third-order valence-corrected chi connectivity index (χ3v) is 12.4. The lowest BCUT2D eigenvalue weighted by molar-refractivity contribution is -0.385. The van der Waals surface area contributed by atoms with Crippen LogP contribution in [-0.4, -0.2) is 34.5 Å². The van der Waals surface area contributed by atoms with Gasteiger partial charge < -0.3 is 20.5 Å². The Morgan fingerprint density at radius 2 is 0.836 bits per heavy atom. The Labute approximate surface area is 430 Å². The molecule has 0 aliphatic rings. The highest BCUT2D eigenvalue weighted by Crippen LogP contribution is 2.38. The molecule has 0 unspecified atom stereocenters. The fraction of sp³-hybridized carbons (Fsp3) is 0.167. The standard InChI is InChI=1S/C30H28N2O4.C23H25N.C7H4ClNO4/c1-22-8-6-12-25(18-22)30(20-24-10-4-3-5-11-24,26-13-7-9-23(2)19-26)21-31-29(33)36-28-16-14-27(15-17-28)32(34)35;1-18-8-6-12-21(14-18)23(17-24,16-20-10-4-3-5-11-20)22-13-7-9-19(2)15-22;8-7(10)13-6-3-1-5(2-4-6)9(11)12/h3-19H,20-21H2,1-2H3,(H,31,33);3-15H,16-17,24H2,1-2H3;1-4H. The summed E-state index contributed by atoms with van der Waals surface area (Å²) in [5, 5.41) is 24.1. The number of halogens is 1. The number of nitrogens with one attached hydrogen (secondary N) is 1. The fourth-order valence-corrected chi connectivity index (χ4v) is 8.80. The van der Waals surface area contributed by atoms with Crippen LogP contribution in [0.1, 0.15) is 55.6 Å². The molecule has 0 heterocycles. The van der Waals surface area contributed by atoms with E-state index in [4.69, 9.17) is 22.1 Å². The SMILES string of the molecule is Cc1cccc(C(CN)(Cc2ccccc2)c2cccc(C)c2)c1.Cc1cccc(C(CNC(=O)Oc2ccc([N+](=O)[O-])cc2)(Cc2ccccc2)c2cccc(C)c2)c1.O=C(Cl)Oc1ccc([N+](=O)[O-])cc1. The molecular weight excluding hydrogens is 940 g/mol. The summed E-state index contributed by atoms with van der Waals surface area (Å²) < 4.78 is 9.89. The van der Waals surface area contributed by atoms with E-state index in [0.29, 0.717) is 19.5 Å². The predicted molar refractivity (Wildman–Crippen MR) is 288 cm³/mol. The number of nitrogens with zero attached hydrogens (tertiary/aromatic N) is 2. The molecule has 0 fully saturated rings. The number of hydrogen-bond donors (Lipinski definition) is 2. The van der Waals surface area contributed by atoms with Crippen molar-refractivity contribution >= 4 is 34.5 Å². The molecule has 13 heteroatoms. The van der Waals surface area contributed by atoms with Gasteiger partial charge in [-0.1, -0.05) is 180 Å². The number of ether oxygens (including phenoxy) is 2. The van der Waals surface area contributed by atoms with Crippen molar-refractivity contribution in [2.75, 3.05) is 13.1 Å². The number of carbonyl (C=O) groups excluding carboxylic acids is 2. The molecule has 12 nitrogen and oxygen atoms in total. The van der Waals surface area contributed by atoms with Gasteiger partial charge in [0, 0.05) is 59.8 Å². The van der Waals surface area contributed by atoms with E-state index < -0.39 is 26.8 Å². The van der Waals surface area contributed by atoms with Crippen LogP contribution < -0.4 is 20.5 Å². The van der Waals surface area contributed by atoms with Crippen molar-refractivity contribution in [1.29, 1.82) is 0 Å². The first kappa shape index (κ1) is 53.9. The molecule has 0 bridgehead atoms. The van der Waals surface area contributed by atoms with Gasteiger partial charge in [0.2, 0.25) is 0 Å². The van der Waals surface area contributed by atoms with E-state index in [1.807, 2.05) is 30.3 Å². The summed E-state index contributed by atoms with van der Waals surface area (Å²) in [5.74, 6) is 0.406. The largest absolute Gasteiger partial charge is 0.414 e. The number of nitro groups is 2. The van der Waals surface area contributed by atoms with E-state index in [2.05, 4.69) is 165 Å². The third kappa shape index (κ3) is 15.0. The normalized spacial score (nSPS) is 10.9. The first-order chi connectivity index (χ1) is 35.1. The van der Waals surface area contributed by atoms with E-state index in [1.165, 1.54) is 76.3 Å². The molecule has 0 atom stereocenters. The average molecular weight is 998 g/mol. The van der Waals surface area contributed by atoms with Gasteiger partial charge in [0.15, 0.2) is 0 Å². The fourth-order valence-electron chi connectivity index (χ4n) is 8.71. The van der Waals surface area contributed by atoms with Crippen LogP contribution in [0.4, 0.5) is 21.0 Å². The highest BCUT2D eigenvalue weighted by molar-refractivity contribution is 6.61. The molecule has 0 radical (unpaired) electrons. The lowest BCUT2D eigenvalue weighted by Gasteiger charge is -2.36. The van der Waals surface area contributed by atoms with Crippen molar-refractivity contribution < 1.29 is 28.9 Å². The summed E-state index contributed by atoms with van der Waals surface area (Å²) >= 11 is 4.92. The zero-order valence-electron chi connectivity index (χ0n) is 41.1. The third-order valence-electron chi connectivity index (χ3n) is 12.4. The van der Waals surface area contributed by atoms with Crippen LogP contribution in [0.15, 0.2) is 206 Å². The summed E-state index contributed by atoms with van der Waals surface area (Å²) in [6.07, 6.45) is 0.942. The number of rotatable bonds is 15. The first-order valence-corrected chi connectivity index (χ1v) is 23.9. The molecule has 8 rings (SSSR count). The van der Waals surface area contributed by atoms with Gasteiger partial charge in [-0.2, -0.15) is 0 Å². The molecule has 0 aliphatic heterocycles.